The van der Waals surface area contributed by atoms with Crippen LogP contribution in [0.2, 0.25) is 0 Å². The zero-order chi connectivity index (χ0) is 20.8. The molecule has 0 bridgehead atoms. The first-order valence-corrected chi connectivity index (χ1v) is 9.44. The third-order valence-corrected chi connectivity index (χ3v) is 4.44. The minimum absolute atomic E-state index is 0.310. The number of urea groups is 1. The van der Waals surface area contributed by atoms with Gasteiger partial charge in [0.15, 0.2) is 11.5 Å². The van der Waals surface area contributed by atoms with Crippen LogP contribution in [0.5, 0.6) is 11.5 Å². The maximum Gasteiger partial charge on any atom is 0.338 e. The summed E-state index contributed by atoms with van der Waals surface area (Å²) in [4.78, 5) is 25.1. The Morgan fingerprint density at radius 2 is 1.69 bits per heavy atom. The van der Waals surface area contributed by atoms with Gasteiger partial charge in [-0.3, -0.25) is 0 Å². The van der Waals surface area contributed by atoms with Gasteiger partial charge < -0.3 is 24.8 Å². The third kappa shape index (κ3) is 4.34. The van der Waals surface area contributed by atoms with Gasteiger partial charge in [0.25, 0.3) is 0 Å². The lowest BCUT2D eigenvalue weighted by Gasteiger charge is -2.29. The monoisotopic (exact) mass is 396 g/mol. The summed E-state index contributed by atoms with van der Waals surface area (Å²) in [5, 5.41) is 5.56. The molecule has 0 saturated carbocycles. The Hall–Kier alpha value is -3.48. The zero-order valence-electron chi connectivity index (χ0n) is 16.7. The first kappa shape index (κ1) is 20.3. The molecule has 7 nitrogen and oxygen atoms in total. The Balaban J connectivity index is 2.14. The van der Waals surface area contributed by atoms with Crippen molar-refractivity contribution in [3.63, 3.8) is 0 Å². The standard InChI is InChI=1S/C22H24N2O5/c1-4-28-16-12-11-15(13-17(16)29-5-2)20-18(21(25)27-3)19(23-22(26)24-20)14-9-7-6-8-10-14/h6-13,20H,4-5H2,1-3H3,(H2,23,24,26). The Kier molecular flexibility index (Phi) is 6.39. The first-order valence-electron chi connectivity index (χ1n) is 9.44. The van der Waals surface area contributed by atoms with Crippen LogP contribution in [-0.2, 0) is 9.53 Å². The number of hydrogen-bond acceptors (Lipinski definition) is 5. The topological polar surface area (TPSA) is 85.9 Å². The summed E-state index contributed by atoms with van der Waals surface area (Å²) in [5.74, 6) is 0.614. The molecule has 3 rings (SSSR count). The van der Waals surface area contributed by atoms with Crippen molar-refractivity contribution in [1.82, 2.24) is 10.6 Å². The molecule has 29 heavy (non-hydrogen) atoms. The molecule has 152 valence electrons. The van der Waals surface area contributed by atoms with Crippen LogP contribution in [0.4, 0.5) is 4.79 Å². The smallest absolute Gasteiger partial charge is 0.338 e. The molecule has 2 aromatic rings. The van der Waals surface area contributed by atoms with Crippen molar-refractivity contribution >= 4 is 17.7 Å². The first-order chi connectivity index (χ1) is 14.1. The highest BCUT2D eigenvalue weighted by molar-refractivity contribution is 6.04. The van der Waals surface area contributed by atoms with E-state index in [9.17, 15) is 9.59 Å². The van der Waals surface area contributed by atoms with Gasteiger partial charge in [0, 0.05) is 0 Å². The van der Waals surface area contributed by atoms with Crippen molar-refractivity contribution in [2.75, 3.05) is 20.3 Å². The summed E-state index contributed by atoms with van der Waals surface area (Å²) in [5.41, 5.74) is 2.12. The minimum Gasteiger partial charge on any atom is -0.490 e. The van der Waals surface area contributed by atoms with Gasteiger partial charge in [-0.1, -0.05) is 36.4 Å². The maximum atomic E-state index is 12.7. The second-order valence-corrected chi connectivity index (χ2v) is 6.25. The van der Waals surface area contributed by atoms with Crippen molar-refractivity contribution in [2.45, 2.75) is 19.9 Å². The fourth-order valence-corrected chi connectivity index (χ4v) is 3.22. The molecule has 1 heterocycles. The number of carbonyl (C=O) groups is 2. The molecular formula is C22H24N2O5. The van der Waals surface area contributed by atoms with E-state index in [1.165, 1.54) is 7.11 Å². The molecule has 1 atom stereocenters. The van der Waals surface area contributed by atoms with Crippen LogP contribution in [0.1, 0.15) is 31.0 Å². The van der Waals surface area contributed by atoms with E-state index >= 15 is 0 Å². The lowest BCUT2D eigenvalue weighted by molar-refractivity contribution is -0.136. The molecule has 1 aliphatic heterocycles. The molecule has 7 heteroatoms. The van der Waals surface area contributed by atoms with Crippen LogP contribution in [-0.4, -0.2) is 32.3 Å². The molecule has 0 radical (unpaired) electrons. The Morgan fingerprint density at radius 1 is 1.00 bits per heavy atom. The number of esters is 1. The van der Waals surface area contributed by atoms with Crippen molar-refractivity contribution in [3.05, 3.63) is 65.2 Å². The summed E-state index contributed by atoms with van der Waals surface area (Å²) in [6.45, 7) is 4.72. The van der Waals surface area contributed by atoms with Crippen LogP contribution < -0.4 is 20.1 Å². The van der Waals surface area contributed by atoms with Gasteiger partial charge in [0.1, 0.15) is 0 Å². The molecule has 0 fully saturated rings. The van der Waals surface area contributed by atoms with Crippen molar-refractivity contribution < 1.29 is 23.8 Å². The number of ether oxygens (including phenoxy) is 3. The zero-order valence-corrected chi connectivity index (χ0v) is 16.7. The Bertz CT molecular complexity index is 924. The normalized spacial score (nSPS) is 16.0. The van der Waals surface area contributed by atoms with E-state index in [4.69, 9.17) is 14.2 Å². The van der Waals surface area contributed by atoms with E-state index in [0.717, 1.165) is 0 Å². The van der Waals surface area contributed by atoms with E-state index < -0.39 is 18.0 Å². The van der Waals surface area contributed by atoms with Crippen molar-refractivity contribution in [1.29, 1.82) is 0 Å². The third-order valence-electron chi connectivity index (χ3n) is 4.44. The van der Waals surface area contributed by atoms with Crippen LogP contribution in [0, 0.1) is 0 Å². The number of benzene rings is 2. The summed E-state index contributed by atoms with van der Waals surface area (Å²) >= 11 is 0. The minimum atomic E-state index is -0.707. The number of hydrogen-bond donors (Lipinski definition) is 2. The number of nitrogens with one attached hydrogen (secondary N) is 2. The largest absolute Gasteiger partial charge is 0.490 e. The second kappa shape index (κ2) is 9.14. The highest BCUT2D eigenvalue weighted by Crippen LogP contribution is 2.36. The SMILES string of the molecule is CCOc1ccc(C2NC(=O)NC(c3ccccc3)=C2C(=O)OC)cc1OCC. The summed E-state index contributed by atoms with van der Waals surface area (Å²) in [7, 11) is 1.31. The fourth-order valence-electron chi connectivity index (χ4n) is 3.22. The van der Waals surface area contributed by atoms with Gasteiger partial charge in [-0.15, -0.1) is 0 Å². The van der Waals surface area contributed by atoms with Gasteiger partial charge in [0.05, 0.1) is 37.6 Å². The predicted octanol–water partition coefficient (Wildman–Crippen LogP) is 3.42. The highest BCUT2D eigenvalue weighted by atomic mass is 16.5. The lowest BCUT2D eigenvalue weighted by Crippen LogP contribution is -2.45. The number of amides is 2. The van der Waals surface area contributed by atoms with E-state index in [0.29, 0.717) is 47.1 Å². The van der Waals surface area contributed by atoms with Gasteiger partial charge in [-0.25, -0.2) is 9.59 Å². The van der Waals surface area contributed by atoms with Crippen LogP contribution in [0.3, 0.4) is 0 Å². The van der Waals surface area contributed by atoms with Gasteiger partial charge in [-0.2, -0.15) is 0 Å². The van der Waals surface area contributed by atoms with Crippen LogP contribution >= 0.6 is 0 Å². The van der Waals surface area contributed by atoms with Crippen molar-refractivity contribution in [3.8, 4) is 11.5 Å². The van der Waals surface area contributed by atoms with E-state index in [1.807, 2.05) is 44.2 Å². The predicted molar refractivity (Wildman–Crippen MR) is 109 cm³/mol. The average molecular weight is 396 g/mol. The van der Waals surface area contributed by atoms with Crippen molar-refractivity contribution in [2.24, 2.45) is 0 Å². The van der Waals surface area contributed by atoms with Crippen LogP contribution in [0.25, 0.3) is 5.70 Å². The van der Waals surface area contributed by atoms with E-state index in [1.54, 1.807) is 18.2 Å². The number of methoxy groups -OCH3 is 1. The molecule has 0 aromatic heterocycles. The molecule has 1 aliphatic rings. The molecule has 0 saturated heterocycles. The Morgan fingerprint density at radius 3 is 2.34 bits per heavy atom. The summed E-state index contributed by atoms with van der Waals surface area (Å²) in [6.07, 6.45) is 0. The molecule has 2 aromatic carbocycles. The van der Waals surface area contributed by atoms with E-state index in [2.05, 4.69) is 10.6 Å². The van der Waals surface area contributed by atoms with Crippen LogP contribution in [0.15, 0.2) is 54.1 Å². The Labute approximate surface area is 169 Å². The molecule has 2 N–H and O–H groups in total. The summed E-state index contributed by atoms with van der Waals surface area (Å²) < 4.78 is 16.3. The highest BCUT2D eigenvalue weighted by Gasteiger charge is 2.34. The molecule has 2 amide bonds. The molecule has 0 aliphatic carbocycles. The number of carbonyl (C=O) groups excluding carboxylic acids is 2. The number of rotatable bonds is 7. The van der Waals surface area contributed by atoms with Gasteiger partial charge in [0.2, 0.25) is 0 Å². The van der Waals surface area contributed by atoms with Gasteiger partial charge >= 0.3 is 12.0 Å². The van der Waals surface area contributed by atoms with Gasteiger partial charge in [-0.05, 0) is 37.1 Å². The van der Waals surface area contributed by atoms with E-state index in [-0.39, 0.29) is 0 Å². The average Bonchev–Trinajstić information content (AvgIpc) is 2.74. The second-order valence-electron chi connectivity index (χ2n) is 6.25. The summed E-state index contributed by atoms with van der Waals surface area (Å²) in [6, 6.07) is 13.4. The molecular weight excluding hydrogens is 372 g/mol. The maximum absolute atomic E-state index is 12.7. The quantitative estimate of drug-likeness (QED) is 0.701. The molecule has 1 unspecified atom stereocenters. The lowest BCUT2D eigenvalue weighted by atomic mass is 9.92. The fraction of sp³-hybridized carbons (Fsp3) is 0.273. The molecule has 0 spiro atoms.